The Morgan fingerprint density at radius 2 is 1.59 bits per heavy atom. The number of aromatic nitrogens is 1. The van der Waals surface area contributed by atoms with Gasteiger partial charge >= 0.3 is 6.09 Å². The van der Waals surface area contributed by atoms with Gasteiger partial charge in [-0.3, -0.25) is 9.69 Å². The van der Waals surface area contributed by atoms with Gasteiger partial charge in [0.2, 0.25) is 0 Å². The minimum Gasteiger partial charge on any atom is -0.443 e. The lowest BCUT2D eigenvalue weighted by atomic mass is 9.96. The largest absolute Gasteiger partial charge is 0.443 e. The number of hydrogen-bond donors (Lipinski definition) is 1. The van der Waals surface area contributed by atoms with E-state index in [2.05, 4.69) is 10.3 Å². The fourth-order valence-corrected chi connectivity index (χ4v) is 4.79. The van der Waals surface area contributed by atoms with Crippen LogP contribution in [0.1, 0.15) is 53.0 Å². The summed E-state index contributed by atoms with van der Waals surface area (Å²) in [7, 11) is 0. The van der Waals surface area contributed by atoms with E-state index in [1.165, 1.54) is 5.56 Å². The van der Waals surface area contributed by atoms with E-state index in [0.29, 0.717) is 29.9 Å². The van der Waals surface area contributed by atoms with Crippen molar-refractivity contribution in [1.82, 2.24) is 4.98 Å². The molecule has 7 heteroatoms. The van der Waals surface area contributed by atoms with Crippen molar-refractivity contribution in [3.05, 3.63) is 99.5 Å². The summed E-state index contributed by atoms with van der Waals surface area (Å²) in [6, 6.07) is 21.2. The summed E-state index contributed by atoms with van der Waals surface area (Å²) in [4.78, 5) is 32.5. The minimum atomic E-state index is -0.621. The molecule has 0 atom stereocenters. The van der Waals surface area contributed by atoms with Crippen molar-refractivity contribution >= 4 is 34.7 Å². The highest BCUT2D eigenvalue weighted by molar-refractivity contribution is 7.09. The van der Waals surface area contributed by atoms with Gasteiger partial charge in [-0.2, -0.15) is 0 Å². The topological polar surface area (TPSA) is 71.5 Å². The second kappa shape index (κ2) is 11.8. The van der Waals surface area contributed by atoms with E-state index in [4.69, 9.17) is 4.74 Å². The first kappa shape index (κ1) is 28.0. The van der Waals surface area contributed by atoms with Crippen LogP contribution in [-0.2, 0) is 11.2 Å². The number of hydrogen-bond acceptors (Lipinski definition) is 5. The maximum absolute atomic E-state index is 13.3. The van der Waals surface area contributed by atoms with Gasteiger partial charge in [0.1, 0.15) is 5.60 Å². The lowest BCUT2D eigenvalue weighted by Gasteiger charge is -2.27. The standard InChI is InChI=1S/C32H35N3O3S/c1-21-7-10-24(11-8-21)29-19-22(2)9-16-28(29)30(36)34-25-12-14-27(15-13-25)35(31(37)38-32(4,5)6)18-17-26-20-39-23(3)33-26/h7-16,19-20H,17-18H2,1-6H3,(H,34,36). The number of anilines is 2. The van der Waals surface area contributed by atoms with Gasteiger partial charge in [-0.15, -0.1) is 11.3 Å². The van der Waals surface area contributed by atoms with E-state index >= 15 is 0 Å². The average Bonchev–Trinajstić information content (AvgIpc) is 3.29. The molecule has 202 valence electrons. The van der Waals surface area contributed by atoms with Crippen molar-refractivity contribution in [3.63, 3.8) is 0 Å². The Balaban J connectivity index is 1.53. The lowest BCUT2D eigenvalue weighted by molar-refractivity contribution is 0.0580. The second-order valence-corrected chi connectivity index (χ2v) is 11.7. The number of nitrogens with zero attached hydrogens (tertiary/aromatic N) is 2. The molecule has 4 aromatic rings. The molecule has 0 bridgehead atoms. The summed E-state index contributed by atoms with van der Waals surface area (Å²) in [5.74, 6) is -0.193. The summed E-state index contributed by atoms with van der Waals surface area (Å²) in [5.41, 5.74) is 6.37. The number of carbonyl (C=O) groups is 2. The Bertz CT molecular complexity index is 1450. The highest BCUT2D eigenvalue weighted by atomic mass is 32.1. The molecule has 0 aliphatic heterocycles. The summed E-state index contributed by atoms with van der Waals surface area (Å²) in [6.07, 6.45) is 0.186. The van der Waals surface area contributed by atoms with Gasteiger partial charge in [0.05, 0.1) is 10.7 Å². The Hall–Kier alpha value is -3.97. The zero-order valence-electron chi connectivity index (χ0n) is 23.4. The number of amides is 2. The van der Waals surface area contributed by atoms with Crippen LogP contribution in [0.15, 0.2) is 72.1 Å². The van der Waals surface area contributed by atoms with E-state index in [0.717, 1.165) is 27.4 Å². The lowest BCUT2D eigenvalue weighted by Crippen LogP contribution is -2.38. The van der Waals surface area contributed by atoms with Gasteiger partial charge in [-0.05, 0) is 83.0 Å². The Labute approximate surface area is 234 Å². The monoisotopic (exact) mass is 541 g/mol. The van der Waals surface area contributed by atoms with Gasteiger partial charge in [0.25, 0.3) is 5.91 Å². The van der Waals surface area contributed by atoms with Gasteiger partial charge < -0.3 is 10.1 Å². The molecule has 0 unspecified atom stereocenters. The molecule has 1 heterocycles. The first-order chi connectivity index (χ1) is 18.5. The number of thiazole rings is 1. The first-order valence-corrected chi connectivity index (χ1v) is 13.9. The molecule has 2 amide bonds. The van der Waals surface area contributed by atoms with Crippen LogP contribution in [0.4, 0.5) is 16.2 Å². The molecule has 3 aromatic carbocycles. The molecule has 0 radical (unpaired) electrons. The van der Waals surface area contributed by atoms with Crippen molar-refractivity contribution in [2.24, 2.45) is 0 Å². The number of aryl methyl sites for hydroxylation is 3. The maximum atomic E-state index is 13.3. The van der Waals surface area contributed by atoms with Gasteiger partial charge in [0.15, 0.2) is 0 Å². The number of rotatable bonds is 7. The van der Waals surface area contributed by atoms with Gasteiger partial charge in [-0.1, -0.05) is 47.5 Å². The van der Waals surface area contributed by atoms with Crippen molar-refractivity contribution in [2.75, 3.05) is 16.8 Å². The molecule has 1 aromatic heterocycles. The van der Waals surface area contributed by atoms with Crippen LogP contribution < -0.4 is 10.2 Å². The molecule has 0 aliphatic rings. The summed E-state index contributed by atoms with van der Waals surface area (Å²) in [5, 5.41) is 6.02. The highest BCUT2D eigenvalue weighted by Gasteiger charge is 2.24. The molecular weight excluding hydrogens is 506 g/mol. The third kappa shape index (κ3) is 7.54. The Kier molecular flexibility index (Phi) is 8.51. The zero-order chi connectivity index (χ0) is 28.2. The zero-order valence-corrected chi connectivity index (χ0v) is 24.2. The van der Waals surface area contributed by atoms with Crippen LogP contribution in [0.3, 0.4) is 0 Å². The van der Waals surface area contributed by atoms with Crippen molar-refractivity contribution in [1.29, 1.82) is 0 Å². The number of ether oxygens (including phenoxy) is 1. The SMILES string of the molecule is Cc1ccc(-c2cc(C)ccc2C(=O)Nc2ccc(N(CCc3csc(C)n3)C(=O)OC(C)(C)C)cc2)cc1. The third-order valence-corrected chi connectivity index (χ3v) is 6.91. The van der Waals surface area contributed by atoms with Crippen LogP contribution in [0.2, 0.25) is 0 Å². The molecule has 0 saturated heterocycles. The fraction of sp³-hybridized carbons (Fsp3) is 0.281. The predicted octanol–water partition coefficient (Wildman–Crippen LogP) is 7.97. The van der Waals surface area contributed by atoms with Crippen LogP contribution in [0.5, 0.6) is 0 Å². The minimum absolute atomic E-state index is 0.193. The van der Waals surface area contributed by atoms with E-state index in [1.807, 2.05) is 102 Å². The molecule has 1 N–H and O–H groups in total. The molecule has 0 saturated carbocycles. The second-order valence-electron chi connectivity index (χ2n) is 10.7. The summed E-state index contributed by atoms with van der Waals surface area (Å²) >= 11 is 1.59. The van der Waals surface area contributed by atoms with E-state index < -0.39 is 11.7 Å². The van der Waals surface area contributed by atoms with Crippen molar-refractivity contribution in [3.8, 4) is 11.1 Å². The van der Waals surface area contributed by atoms with Crippen LogP contribution >= 0.6 is 11.3 Å². The molecule has 4 rings (SSSR count). The third-order valence-electron chi connectivity index (χ3n) is 6.09. The smallest absolute Gasteiger partial charge is 0.414 e. The van der Waals surface area contributed by atoms with Gasteiger partial charge in [0, 0.05) is 35.3 Å². The molecular formula is C32H35N3O3S. The predicted molar refractivity (Wildman–Crippen MR) is 160 cm³/mol. The molecule has 0 spiro atoms. The first-order valence-electron chi connectivity index (χ1n) is 13.0. The normalized spacial score (nSPS) is 11.2. The fourth-order valence-electron chi connectivity index (χ4n) is 4.14. The summed E-state index contributed by atoms with van der Waals surface area (Å²) in [6.45, 7) is 12.0. The molecule has 0 fully saturated rings. The Morgan fingerprint density at radius 1 is 0.923 bits per heavy atom. The van der Waals surface area contributed by atoms with Crippen LogP contribution in [-0.4, -0.2) is 29.1 Å². The molecule has 6 nitrogen and oxygen atoms in total. The summed E-state index contributed by atoms with van der Waals surface area (Å²) < 4.78 is 5.67. The van der Waals surface area contributed by atoms with E-state index in [-0.39, 0.29) is 5.91 Å². The molecule has 39 heavy (non-hydrogen) atoms. The number of carbonyl (C=O) groups excluding carboxylic acids is 2. The van der Waals surface area contributed by atoms with E-state index in [1.54, 1.807) is 28.4 Å². The van der Waals surface area contributed by atoms with Crippen molar-refractivity contribution < 1.29 is 14.3 Å². The van der Waals surface area contributed by atoms with Crippen molar-refractivity contribution in [2.45, 2.75) is 53.6 Å². The molecule has 0 aliphatic carbocycles. The maximum Gasteiger partial charge on any atom is 0.414 e. The van der Waals surface area contributed by atoms with Gasteiger partial charge in [-0.25, -0.2) is 9.78 Å². The number of nitrogens with one attached hydrogen (secondary N) is 1. The van der Waals surface area contributed by atoms with Crippen LogP contribution in [0, 0.1) is 20.8 Å². The average molecular weight is 542 g/mol. The van der Waals surface area contributed by atoms with E-state index in [9.17, 15) is 9.59 Å². The number of benzene rings is 3. The van der Waals surface area contributed by atoms with Crippen LogP contribution in [0.25, 0.3) is 11.1 Å². The quantitative estimate of drug-likeness (QED) is 0.258. The highest BCUT2D eigenvalue weighted by Crippen LogP contribution is 2.27. The Morgan fingerprint density at radius 3 is 2.21 bits per heavy atom.